The molecular weight excluding hydrogens is 392 g/mol. The third kappa shape index (κ3) is 4.95. The number of amides is 1. The van der Waals surface area contributed by atoms with E-state index in [0.717, 1.165) is 35.5 Å². The monoisotopic (exact) mass is 418 g/mol. The Hall–Kier alpha value is -2.44. The minimum Gasteiger partial charge on any atom is -0.493 e. The molecule has 0 radical (unpaired) electrons. The first-order valence-corrected chi connectivity index (χ1v) is 9.99. The third-order valence-corrected chi connectivity index (χ3v) is 5.53. The van der Waals surface area contributed by atoms with Gasteiger partial charge in [0.05, 0.1) is 27.9 Å². The van der Waals surface area contributed by atoms with Gasteiger partial charge in [-0.1, -0.05) is 29.8 Å². The summed E-state index contributed by atoms with van der Waals surface area (Å²) in [6.07, 6.45) is 2.06. The maximum Gasteiger partial charge on any atom is 0.234 e. The first-order chi connectivity index (χ1) is 14.1. The Morgan fingerprint density at radius 1 is 1.14 bits per heavy atom. The third-order valence-electron chi connectivity index (χ3n) is 5.19. The van der Waals surface area contributed by atoms with Gasteiger partial charge in [-0.2, -0.15) is 0 Å². The van der Waals surface area contributed by atoms with E-state index in [1.807, 2.05) is 36.4 Å². The highest BCUT2D eigenvalue weighted by atomic mass is 35.5. The number of carbonyl (C=O) groups is 1. The summed E-state index contributed by atoms with van der Waals surface area (Å²) in [5.41, 5.74) is 1.96. The highest BCUT2D eigenvalue weighted by molar-refractivity contribution is 6.31. The number of benzene rings is 2. The Bertz CT molecular complexity index is 833. The summed E-state index contributed by atoms with van der Waals surface area (Å²) in [5.74, 6) is 1.63. The molecular formula is C22H27ClN2O4. The number of ether oxygens (including phenoxy) is 3. The van der Waals surface area contributed by atoms with E-state index in [0.29, 0.717) is 30.3 Å². The van der Waals surface area contributed by atoms with E-state index in [2.05, 4.69) is 10.2 Å². The van der Waals surface area contributed by atoms with E-state index in [4.69, 9.17) is 25.8 Å². The van der Waals surface area contributed by atoms with Gasteiger partial charge in [-0.25, -0.2) is 0 Å². The van der Waals surface area contributed by atoms with Crippen LogP contribution >= 0.6 is 11.6 Å². The van der Waals surface area contributed by atoms with E-state index in [1.165, 1.54) is 0 Å². The lowest BCUT2D eigenvalue weighted by Gasteiger charge is -2.25. The minimum atomic E-state index is -0.0299. The molecule has 0 saturated carbocycles. The van der Waals surface area contributed by atoms with Gasteiger partial charge < -0.3 is 19.5 Å². The second-order valence-electron chi connectivity index (χ2n) is 6.96. The molecule has 1 atom stereocenters. The molecule has 6 nitrogen and oxygen atoms in total. The predicted molar refractivity (Wildman–Crippen MR) is 113 cm³/mol. The second kappa shape index (κ2) is 9.85. The SMILES string of the molecule is COc1cc(CNC(=O)CN2CCCC2c2ccccc2Cl)cc(OC)c1OC. The summed E-state index contributed by atoms with van der Waals surface area (Å²) in [6.45, 7) is 1.59. The molecule has 1 N–H and O–H groups in total. The van der Waals surface area contributed by atoms with E-state index >= 15 is 0 Å². The molecule has 1 aliphatic heterocycles. The second-order valence-corrected chi connectivity index (χ2v) is 7.37. The topological polar surface area (TPSA) is 60.0 Å². The summed E-state index contributed by atoms with van der Waals surface area (Å²) < 4.78 is 16.1. The van der Waals surface area contributed by atoms with Crippen LogP contribution in [0.25, 0.3) is 0 Å². The standard InChI is InChI=1S/C22H27ClN2O4/c1-27-19-11-15(12-20(28-2)22(19)29-3)13-24-21(26)14-25-10-6-9-18(25)16-7-4-5-8-17(16)23/h4-5,7-8,11-12,18H,6,9-10,13-14H2,1-3H3,(H,24,26). The number of halogens is 1. The molecule has 29 heavy (non-hydrogen) atoms. The van der Waals surface area contributed by atoms with Gasteiger partial charge in [0.25, 0.3) is 0 Å². The maximum atomic E-state index is 12.6. The Labute approximate surface area is 176 Å². The quantitative estimate of drug-likeness (QED) is 0.706. The molecule has 3 rings (SSSR count). The van der Waals surface area contributed by atoms with Crippen molar-refractivity contribution in [3.05, 3.63) is 52.5 Å². The van der Waals surface area contributed by atoms with Gasteiger partial charge in [0.1, 0.15) is 0 Å². The van der Waals surface area contributed by atoms with Crippen LogP contribution in [0.3, 0.4) is 0 Å². The highest BCUT2D eigenvalue weighted by Gasteiger charge is 2.28. The molecule has 2 aromatic rings. The smallest absolute Gasteiger partial charge is 0.234 e. The molecule has 0 spiro atoms. The van der Waals surface area contributed by atoms with Crippen molar-refractivity contribution in [1.82, 2.24) is 10.2 Å². The van der Waals surface area contributed by atoms with Crippen LogP contribution in [-0.4, -0.2) is 45.2 Å². The zero-order chi connectivity index (χ0) is 20.8. The average molecular weight is 419 g/mol. The fourth-order valence-corrected chi connectivity index (χ4v) is 4.05. The lowest BCUT2D eigenvalue weighted by Crippen LogP contribution is -2.36. The summed E-state index contributed by atoms with van der Waals surface area (Å²) >= 11 is 6.37. The maximum absolute atomic E-state index is 12.6. The van der Waals surface area contributed by atoms with Crippen molar-refractivity contribution in [2.24, 2.45) is 0 Å². The molecule has 1 fully saturated rings. The number of carbonyl (C=O) groups excluding carboxylic acids is 1. The largest absolute Gasteiger partial charge is 0.493 e. The number of nitrogens with one attached hydrogen (secondary N) is 1. The fraction of sp³-hybridized carbons (Fsp3) is 0.409. The zero-order valence-corrected chi connectivity index (χ0v) is 17.8. The fourth-order valence-electron chi connectivity index (χ4n) is 3.79. The van der Waals surface area contributed by atoms with Gasteiger partial charge in [-0.05, 0) is 48.7 Å². The van der Waals surface area contributed by atoms with E-state index in [9.17, 15) is 4.79 Å². The van der Waals surface area contributed by atoms with Crippen molar-refractivity contribution in [3.8, 4) is 17.2 Å². The van der Waals surface area contributed by atoms with Gasteiger partial charge >= 0.3 is 0 Å². The van der Waals surface area contributed by atoms with Gasteiger partial charge in [-0.15, -0.1) is 0 Å². The number of methoxy groups -OCH3 is 3. The Morgan fingerprint density at radius 3 is 2.45 bits per heavy atom. The number of nitrogens with zero attached hydrogens (tertiary/aromatic N) is 1. The highest BCUT2D eigenvalue weighted by Crippen LogP contribution is 2.38. The Morgan fingerprint density at radius 2 is 1.83 bits per heavy atom. The summed E-state index contributed by atoms with van der Waals surface area (Å²) in [5, 5.41) is 3.74. The molecule has 0 aliphatic carbocycles. The zero-order valence-electron chi connectivity index (χ0n) is 17.0. The predicted octanol–water partition coefficient (Wildman–Crippen LogP) is 3.82. The number of likely N-dealkylation sites (tertiary alicyclic amines) is 1. The van der Waals surface area contributed by atoms with Crippen molar-refractivity contribution >= 4 is 17.5 Å². The minimum absolute atomic E-state index is 0.0299. The molecule has 1 heterocycles. The lowest BCUT2D eigenvalue weighted by molar-refractivity contribution is -0.122. The van der Waals surface area contributed by atoms with Gasteiger partial charge in [0.15, 0.2) is 11.5 Å². The molecule has 7 heteroatoms. The normalized spacial score (nSPS) is 16.5. The van der Waals surface area contributed by atoms with Gasteiger partial charge in [-0.3, -0.25) is 9.69 Å². The van der Waals surface area contributed by atoms with Crippen LogP contribution in [0.15, 0.2) is 36.4 Å². The van der Waals surface area contributed by atoms with Crippen molar-refractivity contribution in [2.75, 3.05) is 34.4 Å². The van der Waals surface area contributed by atoms with Crippen LogP contribution in [0, 0.1) is 0 Å². The van der Waals surface area contributed by atoms with E-state index in [-0.39, 0.29) is 11.9 Å². The van der Waals surface area contributed by atoms with Crippen molar-refractivity contribution in [1.29, 1.82) is 0 Å². The summed E-state index contributed by atoms with van der Waals surface area (Å²) in [6, 6.07) is 11.7. The molecule has 1 amide bonds. The van der Waals surface area contributed by atoms with Gasteiger partial charge in [0, 0.05) is 17.6 Å². The van der Waals surface area contributed by atoms with Crippen LogP contribution in [0.1, 0.15) is 30.0 Å². The van der Waals surface area contributed by atoms with E-state index < -0.39 is 0 Å². The average Bonchev–Trinajstić information content (AvgIpc) is 3.19. The number of hydrogen-bond acceptors (Lipinski definition) is 5. The lowest BCUT2D eigenvalue weighted by atomic mass is 10.0. The van der Waals surface area contributed by atoms with E-state index in [1.54, 1.807) is 21.3 Å². The van der Waals surface area contributed by atoms with Crippen molar-refractivity contribution < 1.29 is 19.0 Å². The van der Waals surface area contributed by atoms with Gasteiger partial charge in [0.2, 0.25) is 11.7 Å². The first kappa shape index (κ1) is 21.3. The van der Waals surface area contributed by atoms with Crippen molar-refractivity contribution in [3.63, 3.8) is 0 Å². The Balaban J connectivity index is 1.63. The molecule has 1 unspecified atom stereocenters. The molecule has 2 aromatic carbocycles. The summed E-state index contributed by atoms with van der Waals surface area (Å²) in [7, 11) is 4.71. The van der Waals surface area contributed by atoms with Crippen molar-refractivity contribution in [2.45, 2.75) is 25.4 Å². The molecule has 0 bridgehead atoms. The summed E-state index contributed by atoms with van der Waals surface area (Å²) in [4.78, 5) is 14.8. The number of hydrogen-bond donors (Lipinski definition) is 1. The molecule has 0 aromatic heterocycles. The van der Waals surface area contributed by atoms with Crippen LogP contribution in [0.2, 0.25) is 5.02 Å². The molecule has 1 saturated heterocycles. The van der Waals surface area contributed by atoms with Crippen LogP contribution in [0.4, 0.5) is 0 Å². The van der Waals surface area contributed by atoms with Crippen LogP contribution in [-0.2, 0) is 11.3 Å². The number of rotatable bonds is 8. The Kier molecular flexibility index (Phi) is 7.23. The van der Waals surface area contributed by atoms with Crippen LogP contribution < -0.4 is 19.5 Å². The van der Waals surface area contributed by atoms with Crippen LogP contribution in [0.5, 0.6) is 17.2 Å². The first-order valence-electron chi connectivity index (χ1n) is 9.61. The molecule has 156 valence electrons. The molecule has 1 aliphatic rings.